The van der Waals surface area contributed by atoms with Gasteiger partial charge in [-0.3, -0.25) is 9.35 Å². The van der Waals surface area contributed by atoms with Crippen molar-refractivity contribution in [3.8, 4) is 0 Å². The monoisotopic (exact) mass is 342 g/mol. The molecule has 0 radical (unpaired) electrons. The van der Waals surface area contributed by atoms with Gasteiger partial charge in [-0.05, 0) is 35.8 Å². The Balaban J connectivity index is 1.85. The molecule has 0 saturated carbocycles. The average Bonchev–Trinajstić information content (AvgIpc) is 2.80. The number of benzene rings is 1. The zero-order chi connectivity index (χ0) is 16.2. The molecule has 0 aliphatic rings. The van der Waals surface area contributed by atoms with Gasteiger partial charge in [-0.25, -0.2) is 0 Å². The predicted molar refractivity (Wildman–Crippen MR) is 88.2 cm³/mol. The fourth-order valence-electron chi connectivity index (χ4n) is 2.27. The Morgan fingerprint density at radius 2 is 2.14 bits per heavy atom. The number of nitrogens with one attached hydrogen (secondary N) is 2. The van der Waals surface area contributed by atoms with E-state index in [9.17, 15) is 13.2 Å². The molecule has 3 N–H and O–H groups in total. The number of hydrogen-bond donors (Lipinski definition) is 3. The van der Waals surface area contributed by atoms with Crippen LogP contribution in [0.4, 0.5) is 0 Å². The Morgan fingerprint density at radius 1 is 1.41 bits per heavy atom. The van der Waals surface area contributed by atoms with Gasteiger partial charge in [-0.1, -0.05) is 18.2 Å². The molecule has 120 valence electrons. The molecule has 22 heavy (non-hydrogen) atoms. The van der Waals surface area contributed by atoms with Gasteiger partial charge in [0.2, 0.25) is 5.91 Å². The molecule has 0 saturated heterocycles. The molecule has 0 fully saturated rings. The predicted octanol–water partition coefficient (Wildman–Crippen LogP) is 2.14. The molecule has 0 spiro atoms. The highest BCUT2D eigenvalue weighted by Gasteiger charge is 2.12. The smallest absolute Gasteiger partial charge is 0.319 e. The molecule has 8 heteroatoms. The molecule has 1 aromatic heterocycles. The van der Waals surface area contributed by atoms with E-state index in [0.717, 1.165) is 16.5 Å². The van der Waals surface area contributed by atoms with Crippen LogP contribution in [0.2, 0.25) is 0 Å². The van der Waals surface area contributed by atoms with Crippen molar-refractivity contribution in [3.63, 3.8) is 0 Å². The number of carbonyl (C=O) groups excluding carboxylic acids is 1. The van der Waals surface area contributed by atoms with Gasteiger partial charge in [0.25, 0.3) is 0 Å². The number of para-hydroxylation sites is 1. The van der Waals surface area contributed by atoms with Crippen molar-refractivity contribution in [1.82, 2.24) is 10.3 Å². The van der Waals surface area contributed by atoms with E-state index in [0.29, 0.717) is 17.2 Å². The summed E-state index contributed by atoms with van der Waals surface area (Å²) in [5.41, 5.74) is 2.18. The van der Waals surface area contributed by atoms with E-state index < -0.39 is 9.15 Å². The quantitative estimate of drug-likeness (QED) is 0.529. The lowest BCUT2D eigenvalue weighted by atomic mass is 10.1. The second-order valence-electron chi connectivity index (χ2n) is 5.03. The molecule has 1 amide bonds. The van der Waals surface area contributed by atoms with Gasteiger partial charge in [0.05, 0.1) is 0 Å². The van der Waals surface area contributed by atoms with E-state index >= 15 is 0 Å². The molecule has 2 aromatic rings. The summed E-state index contributed by atoms with van der Waals surface area (Å²) >= 11 is 0. The lowest BCUT2D eigenvalue weighted by Crippen LogP contribution is -2.34. The van der Waals surface area contributed by atoms with Crippen LogP contribution in [0, 0.1) is 0 Å². The van der Waals surface area contributed by atoms with Gasteiger partial charge in [0.1, 0.15) is 0 Å². The highest BCUT2D eigenvalue weighted by atomic mass is 33.1. The fourth-order valence-corrected chi connectivity index (χ4v) is 3.63. The summed E-state index contributed by atoms with van der Waals surface area (Å²) in [7, 11) is -3.72. The van der Waals surface area contributed by atoms with Gasteiger partial charge < -0.3 is 10.3 Å². The van der Waals surface area contributed by atoms with Crippen molar-refractivity contribution in [2.24, 2.45) is 0 Å². The van der Waals surface area contributed by atoms with Gasteiger partial charge in [0, 0.05) is 35.3 Å². The summed E-state index contributed by atoms with van der Waals surface area (Å²) < 4.78 is 29.7. The summed E-state index contributed by atoms with van der Waals surface area (Å²) in [4.78, 5) is 14.9. The van der Waals surface area contributed by atoms with Gasteiger partial charge in [-0.2, -0.15) is 8.42 Å². The van der Waals surface area contributed by atoms with Crippen molar-refractivity contribution in [3.05, 3.63) is 36.0 Å². The van der Waals surface area contributed by atoms with Gasteiger partial charge in [0.15, 0.2) is 0 Å². The van der Waals surface area contributed by atoms with Crippen molar-refractivity contribution in [1.29, 1.82) is 0 Å². The topological polar surface area (TPSA) is 99.3 Å². The van der Waals surface area contributed by atoms with Crippen LogP contribution in [0.3, 0.4) is 0 Å². The maximum absolute atomic E-state index is 11.7. The Morgan fingerprint density at radius 3 is 2.86 bits per heavy atom. The molecule has 1 unspecified atom stereocenters. The Kier molecular flexibility index (Phi) is 5.49. The second-order valence-corrected chi connectivity index (χ2v) is 8.50. The summed E-state index contributed by atoms with van der Waals surface area (Å²) in [5, 5.41) is 3.96. The fraction of sp³-hybridized carbons (Fsp3) is 0.357. The number of H-pyrrole nitrogens is 1. The minimum atomic E-state index is -4.08. The van der Waals surface area contributed by atoms with E-state index in [1.807, 2.05) is 37.4 Å². The number of hydrogen-bond acceptors (Lipinski definition) is 4. The Hall–Kier alpha value is -1.51. The molecular weight excluding hydrogens is 324 g/mol. The van der Waals surface area contributed by atoms with Crippen LogP contribution in [0.25, 0.3) is 10.9 Å². The van der Waals surface area contributed by atoms with Crippen LogP contribution < -0.4 is 5.32 Å². The summed E-state index contributed by atoms with van der Waals surface area (Å²) in [6.45, 7) is 1.90. The van der Waals surface area contributed by atoms with E-state index in [1.54, 1.807) is 0 Å². The third-order valence-electron chi connectivity index (χ3n) is 3.17. The summed E-state index contributed by atoms with van der Waals surface area (Å²) in [6.07, 6.45) is 2.66. The molecule has 1 atom stereocenters. The van der Waals surface area contributed by atoms with Crippen molar-refractivity contribution in [2.75, 3.05) is 5.75 Å². The van der Waals surface area contributed by atoms with Crippen molar-refractivity contribution >= 4 is 36.8 Å². The van der Waals surface area contributed by atoms with Crippen LogP contribution >= 0.6 is 10.8 Å². The van der Waals surface area contributed by atoms with Crippen LogP contribution in [0.15, 0.2) is 30.5 Å². The second kappa shape index (κ2) is 7.17. The zero-order valence-electron chi connectivity index (χ0n) is 12.1. The van der Waals surface area contributed by atoms with E-state index in [-0.39, 0.29) is 24.1 Å². The number of aromatic amines is 1. The molecule has 0 bridgehead atoms. The van der Waals surface area contributed by atoms with E-state index in [1.165, 1.54) is 0 Å². The Labute approximate surface area is 132 Å². The SMILES string of the molecule is CC(Cc1c[nH]c2ccccc12)NC(=O)CCSS(=O)(=O)O. The minimum absolute atomic E-state index is 0.0322. The van der Waals surface area contributed by atoms with Crippen LogP contribution in [0.5, 0.6) is 0 Å². The molecule has 1 aromatic carbocycles. The highest BCUT2D eigenvalue weighted by Crippen LogP contribution is 2.19. The first-order valence-corrected chi connectivity index (χ1v) is 9.75. The maximum atomic E-state index is 11.7. The largest absolute Gasteiger partial charge is 0.361 e. The summed E-state index contributed by atoms with van der Waals surface area (Å²) in [5.74, 6) is -0.201. The number of amides is 1. The third kappa shape index (κ3) is 5.04. The number of rotatable bonds is 7. The van der Waals surface area contributed by atoms with Gasteiger partial charge >= 0.3 is 9.15 Å². The van der Waals surface area contributed by atoms with Crippen molar-refractivity contribution in [2.45, 2.75) is 25.8 Å². The van der Waals surface area contributed by atoms with Crippen LogP contribution in [0.1, 0.15) is 18.9 Å². The standard InChI is InChI=1S/C14H18N2O4S2/c1-10(16-14(17)6-7-21-22(18,19)20)8-11-9-15-13-5-3-2-4-12(11)13/h2-5,9-10,15H,6-8H2,1H3,(H,16,17)(H,18,19,20). The molecule has 0 aliphatic heterocycles. The average molecular weight is 342 g/mol. The first kappa shape index (κ1) is 16.9. The number of aromatic nitrogens is 1. The lowest BCUT2D eigenvalue weighted by molar-refractivity contribution is -0.121. The normalized spacial score (nSPS) is 13.2. The number of fused-ring (bicyclic) bond motifs is 1. The third-order valence-corrected chi connectivity index (χ3v) is 5.23. The van der Waals surface area contributed by atoms with Gasteiger partial charge in [-0.15, -0.1) is 0 Å². The first-order valence-electron chi connectivity index (χ1n) is 6.81. The molecule has 2 rings (SSSR count). The zero-order valence-corrected chi connectivity index (χ0v) is 13.7. The maximum Gasteiger partial charge on any atom is 0.319 e. The molecule has 0 aliphatic carbocycles. The van der Waals surface area contributed by atoms with Crippen molar-refractivity contribution < 1.29 is 17.8 Å². The van der Waals surface area contributed by atoms with Crippen LogP contribution in [-0.4, -0.2) is 35.7 Å². The molecular formula is C14H18N2O4S2. The van der Waals surface area contributed by atoms with E-state index in [2.05, 4.69) is 10.3 Å². The first-order chi connectivity index (χ1) is 10.3. The summed E-state index contributed by atoms with van der Waals surface area (Å²) in [6, 6.07) is 7.88. The lowest BCUT2D eigenvalue weighted by Gasteiger charge is -2.13. The van der Waals surface area contributed by atoms with E-state index in [4.69, 9.17) is 4.55 Å². The van der Waals surface area contributed by atoms with Crippen LogP contribution in [-0.2, 0) is 20.4 Å². The molecule has 1 heterocycles. The minimum Gasteiger partial charge on any atom is -0.361 e. The highest BCUT2D eigenvalue weighted by molar-refractivity contribution is 8.69. The molecule has 6 nitrogen and oxygen atoms in total. The Bertz CT molecular complexity index is 755. The number of carbonyl (C=O) groups is 1.